The lowest BCUT2D eigenvalue weighted by molar-refractivity contribution is -0.118. The second-order valence-electron chi connectivity index (χ2n) is 8.93. The van der Waals surface area contributed by atoms with E-state index in [0.717, 1.165) is 46.6 Å². The first-order valence-corrected chi connectivity index (χ1v) is 11.0. The summed E-state index contributed by atoms with van der Waals surface area (Å²) in [5.74, 6) is 2.74. The van der Waals surface area contributed by atoms with Gasteiger partial charge in [0, 0.05) is 24.2 Å². The van der Waals surface area contributed by atoms with E-state index in [1.807, 2.05) is 50.2 Å². The molecule has 1 aliphatic rings. The van der Waals surface area contributed by atoms with Crippen LogP contribution in [-0.2, 0) is 4.79 Å². The van der Waals surface area contributed by atoms with Crippen LogP contribution in [0.4, 0.5) is 11.5 Å². The van der Waals surface area contributed by atoms with Crippen molar-refractivity contribution in [2.75, 3.05) is 29.9 Å². The first-order chi connectivity index (χ1) is 14.9. The van der Waals surface area contributed by atoms with Crippen LogP contribution in [0, 0.1) is 25.7 Å². The number of ether oxygens (including phenoxy) is 1. The molecule has 0 saturated carbocycles. The number of pyridine rings is 1. The lowest BCUT2D eigenvalue weighted by Gasteiger charge is -2.35. The molecule has 1 saturated heterocycles. The molecular formula is C26H31N3O2. The number of fused-ring (bicyclic) bond motifs is 1. The number of carbonyl (C=O) groups excluding carboxylic acids is 1. The van der Waals surface area contributed by atoms with Crippen LogP contribution in [0.25, 0.3) is 10.9 Å². The van der Waals surface area contributed by atoms with Gasteiger partial charge in [-0.05, 0) is 67.5 Å². The quantitative estimate of drug-likeness (QED) is 0.608. The smallest absolute Gasteiger partial charge is 0.262 e. The Kier molecular flexibility index (Phi) is 6.12. The van der Waals surface area contributed by atoms with E-state index in [0.29, 0.717) is 17.6 Å². The van der Waals surface area contributed by atoms with Gasteiger partial charge in [0.25, 0.3) is 5.91 Å². The molecule has 1 aliphatic heterocycles. The van der Waals surface area contributed by atoms with E-state index in [-0.39, 0.29) is 12.5 Å². The molecule has 3 aromatic rings. The fourth-order valence-electron chi connectivity index (χ4n) is 4.47. The highest BCUT2D eigenvalue weighted by molar-refractivity contribution is 5.93. The van der Waals surface area contributed by atoms with Crippen molar-refractivity contribution < 1.29 is 9.53 Å². The maximum Gasteiger partial charge on any atom is 0.262 e. The molecule has 2 unspecified atom stereocenters. The summed E-state index contributed by atoms with van der Waals surface area (Å²) < 4.78 is 5.91. The summed E-state index contributed by atoms with van der Waals surface area (Å²) in [7, 11) is 0. The number of aromatic nitrogens is 1. The Balaban J connectivity index is 1.51. The Hall–Kier alpha value is -3.08. The highest BCUT2D eigenvalue weighted by atomic mass is 16.5. The Morgan fingerprint density at radius 1 is 1.06 bits per heavy atom. The third-order valence-electron chi connectivity index (χ3n) is 6.10. The molecule has 1 aromatic heterocycles. The summed E-state index contributed by atoms with van der Waals surface area (Å²) in [6.45, 7) is 10.6. The molecule has 2 atom stereocenters. The van der Waals surface area contributed by atoms with Gasteiger partial charge in [0.2, 0.25) is 0 Å². The fourth-order valence-corrected chi connectivity index (χ4v) is 4.47. The zero-order valence-electron chi connectivity index (χ0n) is 18.8. The molecule has 0 aliphatic carbocycles. The van der Waals surface area contributed by atoms with E-state index >= 15 is 0 Å². The van der Waals surface area contributed by atoms with Gasteiger partial charge in [-0.15, -0.1) is 0 Å². The average Bonchev–Trinajstić information content (AvgIpc) is 2.74. The molecule has 4 rings (SSSR count). The Bertz CT molecular complexity index is 1090. The number of piperidine rings is 1. The summed E-state index contributed by atoms with van der Waals surface area (Å²) >= 11 is 0. The molecular weight excluding hydrogens is 386 g/mol. The van der Waals surface area contributed by atoms with Gasteiger partial charge in [-0.1, -0.05) is 38.1 Å². The number of hydrogen-bond acceptors (Lipinski definition) is 4. The number of anilines is 2. The van der Waals surface area contributed by atoms with Crippen molar-refractivity contribution >= 4 is 28.3 Å². The number of hydrogen-bond donors (Lipinski definition) is 1. The summed E-state index contributed by atoms with van der Waals surface area (Å²) in [6, 6.07) is 15.9. The Labute approximate surface area is 184 Å². The molecule has 1 fully saturated rings. The lowest BCUT2D eigenvalue weighted by atomic mass is 9.92. The van der Waals surface area contributed by atoms with E-state index in [9.17, 15) is 4.79 Å². The van der Waals surface area contributed by atoms with Crippen LogP contribution >= 0.6 is 0 Å². The summed E-state index contributed by atoms with van der Waals surface area (Å²) in [5.41, 5.74) is 3.83. The van der Waals surface area contributed by atoms with Crippen molar-refractivity contribution in [1.29, 1.82) is 0 Å². The number of nitrogens with one attached hydrogen (secondary N) is 1. The standard InChI is InChI=1S/C26H31N3O2/c1-17-13-18(2)15-29(14-17)24-12-11-21-8-6-10-23(26(21)28-24)31-16-25(30)27-22-9-5-7-19(3)20(22)4/h5-12,17-18H,13-16H2,1-4H3,(H,27,30). The normalized spacial score (nSPS) is 18.8. The van der Waals surface area contributed by atoms with Gasteiger partial charge in [-0.2, -0.15) is 0 Å². The molecule has 5 heteroatoms. The lowest BCUT2D eigenvalue weighted by Crippen LogP contribution is -2.39. The van der Waals surface area contributed by atoms with Gasteiger partial charge in [-0.25, -0.2) is 4.98 Å². The number of carbonyl (C=O) groups is 1. The van der Waals surface area contributed by atoms with Gasteiger partial charge < -0.3 is 15.0 Å². The Morgan fingerprint density at radius 2 is 1.81 bits per heavy atom. The number of nitrogens with zero attached hydrogens (tertiary/aromatic N) is 2. The summed E-state index contributed by atoms with van der Waals surface area (Å²) in [4.78, 5) is 19.8. The van der Waals surface area contributed by atoms with Crippen molar-refractivity contribution in [3.05, 3.63) is 59.7 Å². The maximum absolute atomic E-state index is 12.5. The molecule has 0 spiro atoms. The molecule has 5 nitrogen and oxygen atoms in total. The van der Waals surface area contributed by atoms with Gasteiger partial charge >= 0.3 is 0 Å². The number of rotatable bonds is 5. The minimum Gasteiger partial charge on any atom is -0.481 e. The monoisotopic (exact) mass is 417 g/mol. The summed E-state index contributed by atoms with van der Waals surface area (Å²) in [5, 5.41) is 3.96. The van der Waals surface area contributed by atoms with E-state index in [2.05, 4.69) is 36.2 Å². The largest absolute Gasteiger partial charge is 0.481 e. The van der Waals surface area contributed by atoms with E-state index < -0.39 is 0 Å². The van der Waals surface area contributed by atoms with Crippen LogP contribution in [0.5, 0.6) is 5.75 Å². The first kappa shape index (κ1) is 21.2. The van der Waals surface area contributed by atoms with Crippen molar-refractivity contribution in [3.8, 4) is 5.75 Å². The average molecular weight is 418 g/mol. The van der Waals surface area contributed by atoms with Crippen molar-refractivity contribution in [2.24, 2.45) is 11.8 Å². The topological polar surface area (TPSA) is 54.5 Å². The molecule has 2 aromatic carbocycles. The number of benzene rings is 2. The van der Waals surface area contributed by atoms with Crippen molar-refractivity contribution in [1.82, 2.24) is 4.98 Å². The zero-order valence-corrected chi connectivity index (χ0v) is 18.8. The van der Waals surface area contributed by atoms with Crippen LogP contribution in [0.2, 0.25) is 0 Å². The SMILES string of the molecule is Cc1cccc(NC(=O)COc2cccc3ccc(N4CC(C)CC(C)C4)nc23)c1C. The van der Waals surface area contributed by atoms with Crippen LogP contribution in [0.3, 0.4) is 0 Å². The number of amides is 1. The molecule has 162 valence electrons. The molecule has 0 bridgehead atoms. The first-order valence-electron chi connectivity index (χ1n) is 11.0. The van der Waals surface area contributed by atoms with Crippen molar-refractivity contribution in [2.45, 2.75) is 34.1 Å². The second-order valence-corrected chi connectivity index (χ2v) is 8.93. The fraction of sp³-hybridized carbons (Fsp3) is 0.385. The van der Waals surface area contributed by atoms with Crippen LogP contribution in [0.15, 0.2) is 48.5 Å². The minimum atomic E-state index is -0.180. The predicted molar refractivity (Wildman–Crippen MR) is 127 cm³/mol. The zero-order chi connectivity index (χ0) is 22.0. The van der Waals surface area contributed by atoms with Crippen LogP contribution in [-0.4, -0.2) is 30.6 Å². The summed E-state index contributed by atoms with van der Waals surface area (Å²) in [6.07, 6.45) is 1.26. The van der Waals surface area contributed by atoms with Gasteiger partial charge in [-0.3, -0.25) is 4.79 Å². The molecule has 0 radical (unpaired) electrons. The van der Waals surface area contributed by atoms with E-state index in [1.54, 1.807) is 0 Å². The van der Waals surface area contributed by atoms with Gasteiger partial charge in [0.05, 0.1) is 0 Å². The highest BCUT2D eigenvalue weighted by Gasteiger charge is 2.23. The van der Waals surface area contributed by atoms with Crippen LogP contribution < -0.4 is 15.0 Å². The molecule has 1 N–H and O–H groups in total. The highest BCUT2D eigenvalue weighted by Crippen LogP contribution is 2.30. The molecule has 2 heterocycles. The maximum atomic E-state index is 12.5. The number of aryl methyl sites for hydroxylation is 1. The molecule has 1 amide bonds. The van der Waals surface area contributed by atoms with Crippen molar-refractivity contribution in [3.63, 3.8) is 0 Å². The van der Waals surface area contributed by atoms with Crippen LogP contribution in [0.1, 0.15) is 31.4 Å². The predicted octanol–water partition coefficient (Wildman–Crippen LogP) is 5.35. The van der Waals surface area contributed by atoms with Gasteiger partial charge in [0.1, 0.15) is 17.1 Å². The third-order valence-corrected chi connectivity index (χ3v) is 6.10. The molecule has 31 heavy (non-hydrogen) atoms. The Morgan fingerprint density at radius 3 is 2.58 bits per heavy atom. The second kappa shape index (κ2) is 8.96. The minimum absolute atomic E-state index is 0.0593. The third kappa shape index (κ3) is 4.82. The van der Waals surface area contributed by atoms with E-state index in [4.69, 9.17) is 9.72 Å². The van der Waals surface area contributed by atoms with E-state index in [1.165, 1.54) is 6.42 Å². The number of para-hydroxylation sites is 1. The van der Waals surface area contributed by atoms with Gasteiger partial charge in [0.15, 0.2) is 6.61 Å².